The second-order valence-electron chi connectivity index (χ2n) is 5.25. The van der Waals surface area contributed by atoms with Crippen molar-refractivity contribution in [3.63, 3.8) is 0 Å². The molecule has 3 heteroatoms. The minimum atomic E-state index is 0.694. The van der Waals surface area contributed by atoms with Crippen LogP contribution in [0.25, 0.3) is 0 Å². The van der Waals surface area contributed by atoms with Gasteiger partial charge in [-0.3, -0.25) is 0 Å². The highest BCUT2D eigenvalue weighted by atomic mass is 32.2. The van der Waals surface area contributed by atoms with E-state index in [-0.39, 0.29) is 0 Å². The molecule has 0 bridgehead atoms. The van der Waals surface area contributed by atoms with Crippen LogP contribution in [0.1, 0.15) is 46.0 Å². The van der Waals surface area contributed by atoms with Gasteiger partial charge in [0.05, 0.1) is 6.61 Å². The molecule has 1 fully saturated rings. The van der Waals surface area contributed by atoms with Gasteiger partial charge in [-0.05, 0) is 62.4 Å². The lowest BCUT2D eigenvalue weighted by molar-refractivity contribution is 0.292. The van der Waals surface area contributed by atoms with Crippen molar-refractivity contribution in [2.24, 2.45) is 0 Å². The van der Waals surface area contributed by atoms with E-state index in [1.54, 1.807) is 0 Å². The molecule has 0 radical (unpaired) electrons. The van der Waals surface area contributed by atoms with Gasteiger partial charge in [0.2, 0.25) is 0 Å². The molecule has 19 heavy (non-hydrogen) atoms. The van der Waals surface area contributed by atoms with Crippen molar-refractivity contribution in [1.29, 1.82) is 0 Å². The van der Waals surface area contributed by atoms with Crippen molar-refractivity contribution in [2.75, 3.05) is 13.2 Å². The van der Waals surface area contributed by atoms with Crippen LogP contribution in [-0.2, 0) is 0 Å². The first-order valence-corrected chi connectivity index (χ1v) is 8.24. The number of nitrogens with zero attached hydrogens (tertiary/aromatic N) is 1. The number of piperidine rings is 1. The van der Waals surface area contributed by atoms with Gasteiger partial charge in [0.1, 0.15) is 5.75 Å². The van der Waals surface area contributed by atoms with Crippen molar-refractivity contribution in [1.82, 2.24) is 4.31 Å². The third-order valence-electron chi connectivity index (χ3n) is 3.56. The summed E-state index contributed by atoms with van der Waals surface area (Å²) < 4.78 is 8.20. The van der Waals surface area contributed by atoms with E-state index in [9.17, 15) is 0 Å². The summed E-state index contributed by atoms with van der Waals surface area (Å²) in [7, 11) is 0. The molecule has 2 rings (SSSR count). The molecule has 0 amide bonds. The maximum Gasteiger partial charge on any atom is 0.119 e. The number of hydrogen-bond acceptors (Lipinski definition) is 3. The first-order chi connectivity index (χ1) is 9.29. The van der Waals surface area contributed by atoms with Gasteiger partial charge in [0, 0.05) is 17.5 Å². The molecule has 106 valence electrons. The number of hydrogen-bond donors (Lipinski definition) is 0. The predicted octanol–water partition coefficient (Wildman–Crippen LogP) is 4.75. The van der Waals surface area contributed by atoms with E-state index in [4.69, 9.17) is 4.74 Å². The number of rotatable bonds is 6. The molecule has 1 aromatic carbocycles. The fraction of sp³-hybridized carbons (Fsp3) is 0.625. The Morgan fingerprint density at radius 1 is 1.26 bits per heavy atom. The zero-order valence-corrected chi connectivity index (χ0v) is 12.9. The molecule has 1 aromatic rings. The highest BCUT2D eigenvalue weighted by Gasteiger charge is 2.18. The summed E-state index contributed by atoms with van der Waals surface area (Å²) in [5, 5.41) is 0. The molecule has 1 unspecified atom stereocenters. The summed E-state index contributed by atoms with van der Waals surface area (Å²) in [5.41, 5.74) is 0. The summed E-state index contributed by atoms with van der Waals surface area (Å²) in [6, 6.07) is 9.22. The Kier molecular flexibility index (Phi) is 6.05. The van der Waals surface area contributed by atoms with Gasteiger partial charge < -0.3 is 4.74 Å². The highest BCUT2D eigenvalue weighted by Crippen LogP contribution is 2.30. The van der Waals surface area contributed by atoms with Crippen molar-refractivity contribution < 1.29 is 4.74 Å². The third kappa shape index (κ3) is 4.73. The molecule has 1 atom stereocenters. The van der Waals surface area contributed by atoms with Crippen molar-refractivity contribution in [2.45, 2.75) is 56.9 Å². The average Bonchev–Trinajstić information content (AvgIpc) is 2.44. The molecule has 1 aliphatic rings. The van der Waals surface area contributed by atoms with Gasteiger partial charge in [-0.2, -0.15) is 0 Å². The molecule has 0 saturated carbocycles. The molecule has 1 saturated heterocycles. The number of unbranched alkanes of at least 4 members (excludes halogenated alkanes) is 1. The summed E-state index contributed by atoms with van der Waals surface area (Å²) in [6.07, 6.45) is 6.34. The van der Waals surface area contributed by atoms with Crippen molar-refractivity contribution >= 4 is 11.9 Å². The summed E-state index contributed by atoms with van der Waals surface area (Å²) in [4.78, 5) is 1.32. The van der Waals surface area contributed by atoms with Crippen LogP contribution in [0.2, 0.25) is 0 Å². The van der Waals surface area contributed by atoms with Crippen molar-refractivity contribution in [3.8, 4) is 5.75 Å². The monoisotopic (exact) mass is 279 g/mol. The van der Waals surface area contributed by atoms with E-state index in [1.807, 2.05) is 11.9 Å². The lowest BCUT2D eigenvalue weighted by Crippen LogP contribution is -2.31. The average molecular weight is 279 g/mol. The largest absolute Gasteiger partial charge is 0.494 e. The quantitative estimate of drug-likeness (QED) is 0.551. The minimum Gasteiger partial charge on any atom is -0.494 e. The number of ether oxygens (including phenoxy) is 1. The Balaban J connectivity index is 1.84. The SMILES string of the molecule is CCCCOc1ccc(SN2CCCCC2C)cc1. The maximum absolute atomic E-state index is 5.69. The fourth-order valence-corrected chi connectivity index (χ4v) is 3.31. The molecule has 0 aromatic heterocycles. The maximum atomic E-state index is 5.69. The normalized spacial score (nSPS) is 20.4. The van der Waals surface area contributed by atoms with E-state index >= 15 is 0 Å². The van der Waals surface area contributed by atoms with E-state index in [0.717, 1.165) is 18.8 Å². The van der Waals surface area contributed by atoms with Crippen LogP contribution >= 0.6 is 11.9 Å². The van der Waals surface area contributed by atoms with Gasteiger partial charge in [-0.1, -0.05) is 19.8 Å². The van der Waals surface area contributed by atoms with Gasteiger partial charge in [0.25, 0.3) is 0 Å². The van der Waals surface area contributed by atoms with Crippen LogP contribution in [0.3, 0.4) is 0 Å². The molecule has 0 N–H and O–H groups in total. The fourth-order valence-electron chi connectivity index (χ4n) is 2.27. The van der Waals surface area contributed by atoms with E-state index in [1.165, 1.54) is 37.1 Å². The Morgan fingerprint density at radius 2 is 2.05 bits per heavy atom. The molecular formula is C16H25NOS. The van der Waals surface area contributed by atoms with Crippen LogP contribution in [0.4, 0.5) is 0 Å². The van der Waals surface area contributed by atoms with Crippen molar-refractivity contribution in [3.05, 3.63) is 24.3 Å². The first kappa shape index (κ1) is 14.7. The first-order valence-electron chi connectivity index (χ1n) is 7.47. The standard InChI is InChI=1S/C16H25NOS/c1-3-4-13-18-15-8-10-16(11-9-15)19-17-12-6-5-7-14(17)2/h8-11,14H,3-7,12-13H2,1-2H3. The second-order valence-corrected chi connectivity index (χ2v) is 6.37. The lowest BCUT2D eigenvalue weighted by atomic mass is 10.1. The van der Waals surface area contributed by atoms with E-state index in [0.29, 0.717) is 6.04 Å². The van der Waals surface area contributed by atoms with Crippen LogP contribution in [0.15, 0.2) is 29.2 Å². The minimum absolute atomic E-state index is 0.694. The van der Waals surface area contributed by atoms with E-state index in [2.05, 4.69) is 42.4 Å². The smallest absolute Gasteiger partial charge is 0.119 e. The molecule has 2 nitrogen and oxygen atoms in total. The van der Waals surface area contributed by atoms with Crippen LogP contribution in [-0.4, -0.2) is 23.5 Å². The Hall–Kier alpha value is -0.670. The summed E-state index contributed by atoms with van der Waals surface area (Å²) >= 11 is 1.89. The molecule has 1 aliphatic heterocycles. The lowest BCUT2D eigenvalue weighted by Gasteiger charge is -2.31. The second kappa shape index (κ2) is 7.81. The van der Waals surface area contributed by atoms with Crippen LogP contribution < -0.4 is 4.74 Å². The van der Waals surface area contributed by atoms with Gasteiger partial charge in [-0.25, -0.2) is 4.31 Å². The third-order valence-corrected chi connectivity index (χ3v) is 4.81. The van der Waals surface area contributed by atoms with Gasteiger partial charge in [0.15, 0.2) is 0 Å². The Labute approximate surface area is 121 Å². The molecule has 0 spiro atoms. The topological polar surface area (TPSA) is 12.5 Å². The highest BCUT2D eigenvalue weighted by molar-refractivity contribution is 7.97. The zero-order valence-electron chi connectivity index (χ0n) is 12.1. The molecule has 0 aliphatic carbocycles. The molecule has 1 heterocycles. The molecular weight excluding hydrogens is 254 g/mol. The Bertz CT molecular complexity index is 366. The van der Waals surface area contributed by atoms with Gasteiger partial charge >= 0.3 is 0 Å². The van der Waals surface area contributed by atoms with E-state index < -0.39 is 0 Å². The van der Waals surface area contributed by atoms with Gasteiger partial charge in [-0.15, -0.1) is 0 Å². The zero-order chi connectivity index (χ0) is 13.5. The van der Waals surface area contributed by atoms with Crippen LogP contribution in [0.5, 0.6) is 5.75 Å². The number of benzene rings is 1. The predicted molar refractivity (Wildman–Crippen MR) is 82.7 cm³/mol. The summed E-state index contributed by atoms with van der Waals surface area (Å²) in [5.74, 6) is 0.990. The summed E-state index contributed by atoms with van der Waals surface area (Å²) in [6.45, 7) is 6.55. The Morgan fingerprint density at radius 3 is 2.74 bits per heavy atom. The van der Waals surface area contributed by atoms with Crippen LogP contribution in [0, 0.1) is 0 Å².